The van der Waals surface area contributed by atoms with Crippen molar-refractivity contribution in [2.24, 2.45) is 0 Å². The van der Waals surface area contributed by atoms with Crippen LogP contribution in [0, 0.1) is 6.92 Å². The minimum absolute atomic E-state index is 0.0917. The highest BCUT2D eigenvalue weighted by atomic mass is 32.2. The van der Waals surface area contributed by atoms with Gasteiger partial charge in [0.1, 0.15) is 5.75 Å². The van der Waals surface area contributed by atoms with E-state index in [4.69, 9.17) is 0 Å². The first kappa shape index (κ1) is 15.4. The number of hydrogen-bond donors (Lipinski definition) is 2. The van der Waals surface area contributed by atoms with Crippen LogP contribution in [0.4, 0.5) is 5.69 Å². The molecular formula is C19H17NO2S. The Bertz CT molecular complexity index is 861. The van der Waals surface area contributed by atoms with E-state index in [9.17, 15) is 9.90 Å². The number of aryl methyl sites for hydroxylation is 1. The van der Waals surface area contributed by atoms with E-state index in [1.165, 1.54) is 17.1 Å². The normalized spacial score (nSPS) is 10.7. The Morgan fingerprint density at radius 1 is 1.04 bits per heavy atom. The van der Waals surface area contributed by atoms with Crippen LogP contribution in [0.1, 0.15) is 5.56 Å². The second kappa shape index (κ2) is 6.75. The molecule has 3 aromatic rings. The van der Waals surface area contributed by atoms with Crippen LogP contribution in [-0.2, 0) is 4.79 Å². The lowest BCUT2D eigenvalue weighted by Gasteiger charge is -2.08. The molecule has 0 aromatic heterocycles. The Morgan fingerprint density at radius 2 is 1.83 bits per heavy atom. The van der Waals surface area contributed by atoms with Gasteiger partial charge < -0.3 is 10.4 Å². The molecule has 3 nitrogen and oxygen atoms in total. The molecule has 23 heavy (non-hydrogen) atoms. The van der Waals surface area contributed by atoms with Gasteiger partial charge in [0.15, 0.2) is 0 Å². The van der Waals surface area contributed by atoms with Crippen molar-refractivity contribution in [2.75, 3.05) is 11.1 Å². The summed E-state index contributed by atoms with van der Waals surface area (Å²) in [6, 6.07) is 19.5. The van der Waals surface area contributed by atoms with Crippen molar-refractivity contribution in [3.8, 4) is 5.75 Å². The maximum absolute atomic E-state index is 12.0. The summed E-state index contributed by atoms with van der Waals surface area (Å²) in [4.78, 5) is 13.1. The smallest absolute Gasteiger partial charge is 0.234 e. The van der Waals surface area contributed by atoms with Gasteiger partial charge in [-0.3, -0.25) is 4.79 Å². The standard InChI is InChI=1S/C19H17NO2S/c1-13-6-9-17(18(21)10-13)20-19(22)12-23-16-8-7-14-4-2-3-5-15(14)11-16/h2-11,21H,12H2,1H3,(H,20,22). The SMILES string of the molecule is Cc1ccc(NC(=O)CSc2ccc3ccccc3c2)c(O)c1. The molecule has 0 aliphatic carbocycles. The Hall–Kier alpha value is -2.46. The topological polar surface area (TPSA) is 49.3 Å². The fraction of sp³-hybridized carbons (Fsp3) is 0.105. The van der Waals surface area contributed by atoms with Crippen LogP contribution in [0.15, 0.2) is 65.6 Å². The first-order chi connectivity index (χ1) is 11.1. The second-order valence-electron chi connectivity index (χ2n) is 5.37. The molecule has 0 bridgehead atoms. The predicted molar refractivity (Wildman–Crippen MR) is 96.1 cm³/mol. The average molecular weight is 323 g/mol. The fourth-order valence-corrected chi connectivity index (χ4v) is 3.08. The van der Waals surface area contributed by atoms with Crippen LogP contribution in [0.5, 0.6) is 5.75 Å². The predicted octanol–water partition coefficient (Wildman–Crippen LogP) is 4.58. The van der Waals surface area contributed by atoms with Gasteiger partial charge in [0, 0.05) is 4.90 Å². The molecule has 0 spiro atoms. The summed E-state index contributed by atoms with van der Waals surface area (Å²) in [5, 5.41) is 14.9. The molecule has 0 unspecified atom stereocenters. The Kier molecular flexibility index (Phi) is 4.53. The van der Waals surface area contributed by atoms with Crippen molar-refractivity contribution >= 4 is 34.1 Å². The molecule has 4 heteroatoms. The molecular weight excluding hydrogens is 306 g/mol. The number of aromatic hydroxyl groups is 1. The molecule has 3 aromatic carbocycles. The van der Waals surface area contributed by atoms with Gasteiger partial charge in [-0.1, -0.05) is 36.4 Å². The van der Waals surface area contributed by atoms with E-state index in [0.717, 1.165) is 15.8 Å². The van der Waals surface area contributed by atoms with Crippen molar-refractivity contribution < 1.29 is 9.90 Å². The first-order valence-electron chi connectivity index (χ1n) is 7.33. The lowest BCUT2D eigenvalue weighted by molar-refractivity contribution is -0.113. The maximum Gasteiger partial charge on any atom is 0.234 e. The van der Waals surface area contributed by atoms with Crippen molar-refractivity contribution in [3.05, 3.63) is 66.2 Å². The van der Waals surface area contributed by atoms with Crippen molar-refractivity contribution in [1.29, 1.82) is 0 Å². The van der Waals surface area contributed by atoms with Gasteiger partial charge in [-0.25, -0.2) is 0 Å². The van der Waals surface area contributed by atoms with Gasteiger partial charge in [0.05, 0.1) is 11.4 Å². The maximum atomic E-state index is 12.0. The Balaban J connectivity index is 1.63. The molecule has 3 rings (SSSR count). The highest BCUT2D eigenvalue weighted by molar-refractivity contribution is 8.00. The van der Waals surface area contributed by atoms with E-state index < -0.39 is 0 Å². The van der Waals surface area contributed by atoms with E-state index in [2.05, 4.69) is 29.6 Å². The third-order valence-electron chi connectivity index (χ3n) is 3.52. The summed E-state index contributed by atoms with van der Waals surface area (Å²) in [6.45, 7) is 1.89. The number of phenols is 1. The molecule has 116 valence electrons. The number of carbonyl (C=O) groups is 1. The number of benzene rings is 3. The Morgan fingerprint density at radius 3 is 2.61 bits per heavy atom. The van der Waals surface area contributed by atoms with Gasteiger partial charge in [-0.15, -0.1) is 11.8 Å². The van der Waals surface area contributed by atoms with Crippen LogP contribution in [0.25, 0.3) is 10.8 Å². The quantitative estimate of drug-likeness (QED) is 0.545. The fourth-order valence-electron chi connectivity index (χ4n) is 2.34. The van der Waals surface area contributed by atoms with Crippen LogP contribution in [0.2, 0.25) is 0 Å². The second-order valence-corrected chi connectivity index (χ2v) is 6.42. The van der Waals surface area contributed by atoms with Crippen molar-refractivity contribution in [2.45, 2.75) is 11.8 Å². The zero-order valence-electron chi connectivity index (χ0n) is 12.7. The monoisotopic (exact) mass is 323 g/mol. The van der Waals surface area contributed by atoms with E-state index in [-0.39, 0.29) is 11.7 Å². The number of hydrogen-bond acceptors (Lipinski definition) is 3. The first-order valence-corrected chi connectivity index (χ1v) is 8.31. The van der Waals surface area contributed by atoms with Crippen molar-refractivity contribution in [3.63, 3.8) is 0 Å². The summed E-state index contributed by atoms with van der Waals surface area (Å²) in [6.07, 6.45) is 0. The van der Waals surface area contributed by atoms with E-state index in [0.29, 0.717) is 11.4 Å². The van der Waals surface area contributed by atoms with Gasteiger partial charge >= 0.3 is 0 Å². The molecule has 0 saturated carbocycles. The number of carbonyl (C=O) groups excluding carboxylic acids is 1. The van der Waals surface area contributed by atoms with E-state index in [1.807, 2.05) is 31.2 Å². The van der Waals surface area contributed by atoms with Gasteiger partial charge in [0.25, 0.3) is 0 Å². The number of nitrogens with one attached hydrogen (secondary N) is 1. The highest BCUT2D eigenvalue weighted by Crippen LogP contribution is 2.26. The number of phenolic OH excluding ortho intramolecular Hbond substituents is 1. The molecule has 0 fully saturated rings. The minimum Gasteiger partial charge on any atom is -0.506 e. The van der Waals surface area contributed by atoms with Gasteiger partial charge in [0.2, 0.25) is 5.91 Å². The van der Waals surface area contributed by atoms with Gasteiger partial charge in [-0.2, -0.15) is 0 Å². The highest BCUT2D eigenvalue weighted by Gasteiger charge is 2.07. The zero-order valence-corrected chi connectivity index (χ0v) is 13.6. The molecule has 0 heterocycles. The minimum atomic E-state index is -0.137. The number of fused-ring (bicyclic) bond motifs is 1. The number of thioether (sulfide) groups is 1. The molecule has 0 atom stereocenters. The average Bonchev–Trinajstić information content (AvgIpc) is 2.55. The van der Waals surface area contributed by atoms with Crippen LogP contribution < -0.4 is 5.32 Å². The largest absolute Gasteiger partial charge is 0.506 e. The van der Waals surface area contributed by atoms with Crippen LogP contribution in [0.3, 0.4) is 0 Å². The lowest BCUT2D eigenvalue weighted by Crippen LogP contribution is -2.14. The Labute approximate surface area is 139 Å². The van der Waals surface area contributed by atoms with Gasteiger partial charge in [-0.05, 0) is 47.5 Å². The molecule has 0 radical (unpaired) electrons. The number of anilines is 1. The molecule has 1 amide bonds. The summed E-state index contributed by atoms with van der Waals surface area (Å²) in [7, 11) is 0. The summed E-state index contributed by atoms with van der Waals surface area (Å²) < 4.78 is 0. The third-order valence-corrected chi connectivity index (χ3v) is 4.51. The number of amides is 1. The third kappa shape index (κ3) is 3.85. The lowest BCUT2D eigenvalue weighted by atomic mass is 10.1. The number of rotatable bonds is 4. The molecule has 0 aliphatic rings. The summed E-state index contributed by atoms with van der Waals surface area (Å²) in [5.41, 5.74) is 1.39. The summed E-state index contributed by atoms with van der Waals surface area (Å²) >= 11 is 1.48. The zero-order chi connectivity index (χ0) is 16.2. The van der Waals surface area contributed by atoms with Crippen molar-refractivity contribution in [1.82, 2.24) is 0 Å². The molecule has 2 N–H and O–H groups in total. The van der Waals surface area contributed by atoms with E-state index in [1.54, 1.807) is 12.1 Å². The van der Waals surface area contributed by atoms with E-state index >= 15 is 0 Å². The van der Waals surface area contributed by atoms with Crippen LogP contribution in [-0.4, -0.2) is 16.8 Å². The summed E-state index contributed by atoms with van der Waals surface area (Å²) in [5.74, 6) is 0.252. The molecule has 0 aliphatic heterocycles. The van der Waals surface area contributed by atoms with Crippen LogP contribution >= 0.6 is 11.8 Å². The molecule has 0 saturated heterocycles.